The van der Waals surface area contributed by atoms with Crippen LogP contribution in [0.3, 0.4) is 0 Å². The second kappa shape index (κ2) is 6.10. The summed E-state index contributed by atoms with van der Waals surface area (Å²) in [6.07, 6.45) is 2.97. The third kappa shape index (κ3) is 2.51. The lowest BCUT2D eigenvalue weighted by molar-refractivity contribution is 0.581. The van der Waals surface area contributed by atoms with Gasteiger partial charge in [-0.25, -0.2) is 0 Å². The Balaban J connectivity index is 1.47. The number of nitrogen functional groups attached to an aromatic ring is 1. The molecule has 2 heterocycles. The topological polar surface area (TPSA) is 32.5 Å². The molecule has 1 fully saturated rings. The van der Waals surface area contributed by atoms with E-state index in [4.69, 9.17) is 5.73 Å². The van der Waals surface area contributed by atoms with E-state index in [9.17, 15) is 0 Å². The van der Waals surface area contributed by atoms with Gasteiger partial charge < -0.3 is 15.5 Å². The molecule has 1 atom stereocenters. The smallest absolute Gasteiger partial charge is 0.102 e. The number of nitrogens with two attached hydrogens (primary N) is 1. The Morgan fingerprint density at radius 3 is 2.23 bits per heavy atom. The Morgan fingerprint density at radius 2 is 1.46 bits per heavy atom. The number of rotatable bonds is 2. The number of hydrogen-bond donors (Lipinski definition) is 1. The zero-order chi connectivity index (χ0) is 17.5. The predicted molar refractivity (Wildman–Crippen MR) is 109 cm³/mol. The first-order valence-electron chi connectivity index (χ1n) is 9.37. The van der Waals surface area contributed by atoms with Crippen molar-refractivity contribution < 1.29 is 0 Å². The highest BCUT2D eigenvalue weighted by Crippen LogP contribution is 2.39. The molecule has 0 amide bonds. The molecule has 0 unspecified atom stereocenters. The Labute approximate surface area is 154 Å². The first-order valence-corrected chi connectivity index (χ1v) is 9.37. The minimum atomic E-state index is 0.479. The van der Waals surface area contributed by atoms with Crippen molar-refractivity contribution in [3.05, 3.63) is 78.4 Å². The lowest BCUT2D eigenvalue weighted by Crippen LogP contribution is -2.48. The van der Waals surface area contributed by atoms with Gasteiger partial charge in [0.15, 0.2) is 0 Å². The standard InChI is InChI=1S/C23H23N3/c24-20-11-7-17(8-12-20)18-9-13-21(14-10-18)26-16-19-4-1-2-5-22(19)25-15-3-6-23(25)26/h1-2,4-5,7-14,23H,3,6,15-16,24H2/t23-/m0/s1. The highest BCUT2D eigenvalue weighted by atomic mass is 15.4. The van der Waals surface area contributed by atoms with Crippen LogP contribution in [0.2, 0.25) is 0 Å². The van der Waals surface area contributed by atoms with E-state index in [-0.39, 0.29) is 0 Å². The largest absolute Gasteiger partial charge is 0.399 e. The number of para-hydroxylation sites is 1. The number of benzene rings is 3. The number of anilines is 3. The van der Waals surface area contributed by atoms with E-state index in [2.05, 4.69) is 70.5 Å². The van der Waals surface area contributed by atoms with E-state index < -0.39 is 0 Å². The molecule has 0 radical (unpaired) electrons. The third-order valence-electron chi connectivity index (χ3n) is 5.67. The zero-order valence-corrected chi connectivity index (χ0v) is 14.8. The van der Waals surface area contributed by atoms with Crippen molar-refractivity contribution in [2.75, 3.05) is 22.1 Å². The van der Waals surface area contributed by atoms with Gasteiger partial charge in [-0.3, -0.25) is 0 Å². The molecule has 0 saturated carbocycles. The highest BCUT2D eigenvalue weighted by molar-refractivity contribution is 5.69. The Hall–Kier alpha value is -2.94. The van der Waals surface area contributed by atoms with Crippen molar-refractivity contribution in [3.8, 4) is 11.1 Å². The molecule has 3 aromatic rings. The van der Waals surface area contributed by atoms with E-state index >= 15 is 0 Å². The number of fused-ring (bicyclic) bond motifs is 3. The van der Waals surface area contributed by atoms with Crippen LogP contribution in [0.15, 0.2) is 72.8 Å². The van der Waals surface area contributed by atoms with E-state index in [1.54, 1.807) is 0 Å². The van der Waals surface area contributed by atoms with Crippen molar-refractivity contribution >= 4 is 17.1 Å². The average molecular weight is 341 g/mol. The lowest BCUT2D eigenvalue weighted by atomic mass is 10.0. The van der Waals surface area contributed by atoms with Gasteiger partial charge >= 0.3 is 0 Å². The Bertz CT molecular complexity index is 915. The van der Waals surface area contributed by atoms with Crippen molar-refractivity contribution in [2.24, 2.45) is 0 Å². The summed E-state index contributed by atoms with van der Waals surface area (Å²) in [5.74, 6) is 0. The Kier molecular flexibility index (Phi) is 3.59. The minimum Gasteiger partial charge on any atom is -0.399 e. The van der Waals surface area contributed by atoms with Gasteiger partial charge in [-0.15, -0.1) is 0 Å². The second-order valence-electron chi connectivity index (χ2n) is 7.24. The molecule has 5 rings (SSSR count). The van der Waals surface area contributed by atoms with Crippen LogP contribution in [-0.4, -0.2) is 12.7 Å². The molecule has 130 valence electrons. The van der Waals surface area contributed by atoms with Gasteiger partial charge in [-0.1, -0.05) is 42.5 Å². The molecule has 3 heteroatoms. The van der Waals surface area contributed by atoms with Crippen molar-refractivity contribution in [2.45, 2.75) is 25.6 Å². The first-order chi connectivity index (χ1) is 12.8. The quantitative estimate of drug-likeness (QED) is 0.674. The third-order valence-corrected chi connectivity index (χ3v) is 5.67. The molecular formula is C23H23N3. The van der Waals surface area contributed by atoms with Crippen LogP contribution in [0.1, 0.15) is 18.4 Å². The first kappa shape index (κ1) is 15.3. The summed E-state index contributed by atoms with van der Waals surface area (Å²) in [5, 5.41) is 0. The molecule has 0 spiro atoms. The van der Waals surface area contributed by atoms with E-state index in [1.165, 1.54) is 40.9 Å². The molecular weight excluding hydrogens is 318 g/mol. The molecule has 2 aliphatic rings. The summed E-state index contributed by atoms with van der Waals surface area (Å²) < 4.78 is 0. The van der Waals surface area contributed by atoms with E-state index in [0.29, 0.717) is 6.17 Å². The molecule has 0 bridgehead atoms. The van der Waals surface area contributed by atoms with Gasteiger partial charge in [0.25, 0.3) is 0 Å². The molecule has 2 aliphatic heterocycles. The fraction of sp³-hybridized carbons (Fsp3) is 0.217. The maximum atomic E-state index is 5.80. The summed E-state index contributed by atoms with van der Waals surface area (Å²) in [7, 11) is 0. The zero-order valence-electron chi connectivity index (χ0n) is 14.8. The van der Waals surface area contributed by atoms with E-state index in [1.807, 2.05) is 12.1 Å². The molecule has 0 aromatic heterocycles. The number of hydrogen-bond acceptors (Lipinski definition) is 3. The Morgan fingerprint density at radius 1 is 0.769 bits per heavy atom. The van der Waals surface area contributed by atoms with Crippen molar-refractivity contribution in [3.63, 3.8) is 0 Å². The molecule has 3 nitrogen and oxygen atoms in total. The molecule has 26 heavy (non-hydrogen) atoms. The van der Waals surface area contributed by atoms with Crippen LogP contribution in [0, 0.1) is 0 Å². The minimum absolute atomic E-state index is 0.479. The van der Waals surface area contributed by atoms with Crippen LogP contribution < -0.4 is 15.5 Å². The van der Waals surface area contributed by atoms with Gasteiger partial charge in [0.1, 0.15) is 6.17 Å². The van der Waals surface area contributed by atoms with Gasteiger partial charge in [0, 0.05) is 30.2 Å². The molecule has 0 aliphatic carbocycles. The summed E-state index contributed by atoms with van der Waals surface area (Å²) in [4.78, 5) is 5.13. The summed E-state index contributed by atoms with van der Waals surface area (Å²) in [6, 6.07) is 25.9. The molecule has 2 N–H and O–H groups in total. The van der Waals surface area contributed by atoms with Crippen LogP contribution in [-0.2, 0) is 6.54 Å². The van der Waals surface area contributed by atoms with Crippen molar-refractivity contribution in [1.29, 1.82) is 0 Å². The summed E-state index contributed by atoms with van der Waals surface area (Å²) in [6.45, 7) is 2.14. The van der Waals surface area contributed by atoms with Crippen molar-refractivity contribution in [1.82, 2.24) is 0 Å². The van der Waals surface area contributed by atoms with Gasteiger partial charge in [-0.2, -0.15) is 0 Å². The summed E-state index contributed by atoms with van der Waals surface area (Å²) in [5.41, 5.74) is 13.2. The van der Waals surface area contributed by atoms with E-state index in [0.717, 1.165) is 18.8 Å². The van der Waals surface area contributed by atoms with Crippen LogP contribution in [0.5, 0.6) is 0 Å². The van der Waals surface area contributed by atoms with Gasteiger partial charge in [-0.05, 0) is 59.9 Å². The normalized spacial score (nSPS) is 18.5. The maximum Gasteiger partial charge on any atom is 0.102 e. The van der Waals surface area contributed by atoms with Crippen LogP contribution in [0.25, 0.3) is 11.1 Å². The van der Waals surface area contributed by atoms with Gasteiger partial charge in [0.2, 0.25) is 0 Å². The second-order valence-corrected chi connectivity index (χ2v) is 7.24. The molecule has 1 saturated heterocycles. The monoisotopic (exact) mass is 341 g/mol. The predicted octanol–water partition coefficient (Wildman–Crippen LogP) is 4.88. The lowest BCUT2D eigenvalue weighted by Gasteiger charge is -2.43. The van der Waals surface area contributed by atoms with Gasteiger partial charge in [0.05, 0.1) is 0 Å². The fourth-order valence-corrected chi connectivity index (χ4v) is 4.35. The van der Waals surface area contributed by atoms with Crippen LogP contribution in [0.4, 0.5) is 17.1 Å². The van der Waals surface area contributed by atoms with Crippen LogP contribution >= 0.6 is 0 Å². The fourth-order valence-electron chi connectivity index (χ4n) is 4.35. The summed E-state index contributed by atoms with van der Waals surface area (Å²) >= 11 is 0. The SMILES string of the molecule is Nc1ccc(-c2ccc(N3Cc4ccccc4N4CCC[C@H]34)cc2)cc1. The number of nitrogens with zero attached hydrogens (tertiary/aromatic N) is 2. The highest BCUT2D eigenvalue weighted by Gasteiger charge is 2.35. The maximum absolute atomic E-state index is 5.80. The average Bonchev–Trinajstić information content (AvgIpc) is 3.18. The molecule has 3 aromatic carbocycles.